The molecule has 1 aromatic heterocycles. The highest BCUT2D eigenvalue weighted by molar-refractivity contribution is 6.64. The number of likely N-dealkylation sites (N-methyl/N-ethyl adjacent to an activating group) is 1. The zero-order chi connectivity index (χ0) is 13.1. The van der Waals surface area contributed by atoms with Gasteiger partial charge in [-0.25, -0.2) is 4.98 Å². The van der Waals surface area contributed by atoms with E-state index < -0.39 is 19.1 Å². The number of carbonyl (C=O) groups is 2. The topological polar surface area (TPSA) is 68.7 Å². The van der Waals surface area contributed by atoms with E-state index in [1.165, 1.54) is 17.2 Å². The van der Waals surface area contributed by atoms with E-state index in [2.05, 4.69) is 4.98 Å². The molecular weight excluding hydrogens is 258 g/mol. The van der Waals surface area contributed by atoms with Gasteiger partial charge in [0.05, 0.1) is 13.1 Å². The number of hydrogen-bond acceptors (Lipinski definition) is 6. The van der Waals surface area contributed by atoms with Gasteiger partial charge in [0.2, 0.25) is 0 Å². The summed E-state index contributed by atoms with van der Waals surface area (Å²) in [6, 6.07) is 3.06. The molecule has 2 heterocycles. The van der Waals surface area contributed by atoms with Gasteiger partial charge in [-0.1, -0.05) is 11.6 Å². The van der Waals surface area contributed by atoms with Crippen LogP contribution in [-0.2, 0) is 18.9 Å². The van der Waals surface area contributed by atoms with Crippen LogP contribution in [0.25, 0.3) is 0 Å². The lowest BCUT2D eigenvalue weighted by Crippen LogP contribution is -2.47. The Morgan fingerprint density at radius 1 is 1.33 bits per heavy atom. The normalized spacial score (nSPS) is 17.8. The molecule has 0 saturated carbocycles. The fraction of sp³-hybridized carbons (Fsp3) is 0.300. The minimum Gasteiger partial charge on any atom is -0.494 e. The quantitative estimate of drug-likeness (QED) is 0.503. The number of hydrogen-bond donors (Lipinski definition) is 0. The maximum atomic E-state index is 11.5. The number of pyridine rings is 1. The van der Waals surface area contributed by atoms with Gasteiger partial charge < -0.3 is 9.31 Å². The minimum atomic E-state index is -1.07. The molecule has 0 amide bonds. The summed E-state index contributed by atoms with van der Waals surface area (Å²) in [4.78, 5) is 28.4. The van der Waals surface area contributed by atoms with E-state index in [-0.39, 0.29) is 18.2 Å². The molecule has 6 nitrogen and oxygen atoms in total. The second-order valence-electron chi connectivity index (χ2n) is 3.90. The van der Waals surface area contributed by atoms with Crippen molar-refractivity contribution < 1.29 is 18.9 Å². The van der Waals surface area contributed by atoms with Crippen LogP contribution < -0.4 is 5.46 Å². The molecule has 1 aromatic rings. The Balaban J connectivity index is 2.20. The molecule has 0 radical (unpaired) electrons. The second kappa shape index (κ2) is 5.37. The van der Waals surface area contributed by atoms with Crippen LogP contribution in [0, 0.1) is 0 Å². The summed E-state index contributed by atoms with van der Waals surface area (Å²) in [7, 11) is 0.561. The van der Waals surface area contributed by atoms with Crippen LogP contribution >= 0.6 is 11.6 Å². The van der Waals surface area contributed by atoms with Gasteiger partial charge in [0.15, 0.2) is 0 Å². The van der Waals surface area contributed by atoms with Gasteiger partial charge in [0.25, 0.3) is 0 Å². The van der Waals surface area contributed by atoms with Crippen molar-refractivity contribution in [1.29, 1.82) is 0 Å². The van der Waals surface area contributed by atoms with Crippen molar-refractivity contribution in [3.63, 3.8) is 0 Å². The average Bonchev–Trinajstić information content (AvgIpc) is 2.25. The highest BCUT2D eigenvalue weighted by Gasteiger charge is 2.33. The Morgan fingerprint density at radius 3 is 2.50 bits per heavy atom. The Labute approximate surface area is 109 Å². The predicted octanol–water partition coefficient (Wildman–Crippen LogP) is -0.538. The van der Waals surface area contributed by atoms with Crippen molar-refractivity contribution in [1.82, 2.24) is 9.88 Å². The first-order valence-corrected chi connectivity index (χ1v) is 5.61. The van der Waals surface area contributed by atoms with Crippen LogP contribution in [0.4, 0.5) is 0 Å². The molecule has 0 unspecified atom stereocenters. The number of carbonyl (C=O) groups excluding carboxylic acids is 2. The zero-order valence-electron chi connectivity index (χ0n) is 9.63. The van der Waals surface area contributed by atoms with E-state index in [9.17, 15) is 9.59 Å². The van der Waals surface area contributed by atoms with Crippen LogP contribution in [0.2, 0.25) is 5.15 Å². The Hall–Kier alpha value is -1.60. The molecule has 1 aliphatic heterocycles. The second-order valence-corrected chi connectivity index (χ2v) is 4.28. The third kappa shape index (κ3) is 3.21. The molecule has 0 aromatic carbocycles. The van der Waals surface area contributed by atoms with Crippen molar-refractivity contribution in [2.75, 3.05) is 20.1 Å². The number of rotatable bonds is 1. The molecule has 1 aliphatic rings. The van der Waals surface area contributed by atoms with Crippen LogP contribution in [-0.4, -0.2) is 49.1 Å². The summed E-state index contributed by atoms with van der Waals surface area (Å²) >= 11 is 5.73. The first-order chi connectivity index (χ1) is 8.54. The lowest BCUT2D eigenvalue weighted by molar-refractivity contribution is -0.145. The molecule has 1 saturated heterocycles. The largest absolute Gasteiger partial charge is 0.636 e. The van der Waals surface area contributed by atoms with Gasteiger partial charge in [-0.15, -0.1) is 0 Å². The smallest absolute Gasteiger partial charge is 0.494 e. The van der Waals surface area contributed by atoms with Crippen molar-refractivity contribution in [2.24, 2.45) is 0 Å². The molecule has 94 valence electrons. The highest BCUT2D eigenvalue weighted by atomic mass is 35.5. The Kier molecular flexibility index (Phi) is 3.83. The van der Waals surface area contributed by atoms with E-state index in [1.807, 2.05) is 0 Å². The summed E-state index contributed by atoms with van der Waals surface area (Å²) < 4.78 is 10.1. The van der Waals surface area contributed by atoms with E-state index in [4.69, 9.17) is 20.9 Å². The van der Waals surface area contributed by atoms with E-state index in [0.717, 1.165) is 0 Å². The number of halogens is 1. The molecule has 0 spiro atoms. The molecule has 1 fully saturated rings. The van der Waals surface area contributed by atoms with Gasteiger partial charge in [0.1, 0.15) is 5.15 Å². The van der Waals surface area contributed by atoms with Crippen LogP contribution in [0.3, 0.4) is 0 Å². The Bertz CT molecular complexity index is 465. The fourth-order valence-corrected chi connectivity index (χ4v) is 1.72. The standard InChI is InChI=1S/C10H10BClN2O4/c1-14-5-9(15)17-11(18-10(16)6-14)7-2-3-13-8(12)4-7/h2-4H,5-6H2,1H3. The molecule has 0 bridgehead atoms. The maximum absolute atomic E-state index is 11.5. The molecule has 0 N–H and O–H groups in total. The van der Waals surface area contributed by atoms with Crippen molar-refractivity contribution >= 4 is 36.1 Å². The minimum absolute atomic E-state index is 0.0322. The monoisotopic (exact) mass is 268 g/mol. The van der Waals surface area contributed by atoms with Gasteiger partial charge >= 0.3 is 19.1 Å². The molecule has 8 heteroatoms. The zero-order valence-corrected chi connectivity index (χ0v) is 10.4. The molecule has 0 atom stereocenters. The summed E-state index contributed by atoms with van der Waals surface area (Å²) in [5.41, 5.74) is 0.473. The van der Waals surface area contributed by atoms with Gasteiger partial charge in [-0.3, -0.25) is 14.5 Å². The summed E-state index contributed by atoms with van der Waals surface area (Å²) in [6.45, 7) is 0.0643. The van der Waals surface area contributed by atoms with E-state index in [1.54, 1.807) is 13.1 Å². The first-order valence-electron chi connectivity index (χ1n) is 5.23. The average molecular weight is 268 g/mol. The van der Waals surface area contributed by atoms with Crippen molar-refractivity contribution in [2.45, 2.75) is 0 Å². The van der Waals surface area contributed by atoms with Crippen molar-refractivity contribution in [3.05, 3.63) is 23.5 Å². The molecule has 2 rings (SSSR count). The van der Waals surface area contributed by atoms with Gasteiger partial charge in [0, 0.05) is 11.7 Å². The summed E-state index contributed by atoms with van der Waals surface area (Å²) in [5.74, 6) is -0.939. The SMILES string of the molecule is CN1CC(=O)OB(c2ccnc(Cl)c2)OC(=O)C1. The number of nitrogens with zero attached hydrogens (tertiary/aromatic N) is 2. The number of aromatic nitrogens is 1. The third-order valence-corrected chi connectivity index (χ3v) is 2.50. The Morgan fingerprint density at radius 2 is 1.94 bits per heavy atom. The maximum Gasteiger partial charge on any atom is 0.636 e. The van der Waals surface area contributed by atoms with E-state index >= 15 is 0 Å². The summed E-state index contributed by atoms with van der Waals surface area (Å²) in [6.07, 6.45) is 1.45. The third-order valence-electron chi connectivity index (χ3n) is 2.30. The van der Waals surface area contributed by atoms with Crippen LogP contribution in [0.5, 0.6) is 0 Å². The highest BCUT2D eigenvalue weighted by Crippen LogP contribution is 2.04. The van der Waals surface area contributed by atoms with Crippen LogP contribution in [0.15, 0.2) is 18.3 Å². The van der Waals surface area contributed by atoms with Crippen LogP contribution in [0.1, 0.15) is 0 Å². The van der Waals surface area contributed by atoms with E-state index in [0.29, 0.717) is 5.46 Å². The first kappa shape index (κ1) is 12.9. The predicted molar refractivity (Wildman–Crippen MR) is 64.3 cm³/mol. The molecular formula is C10H10BClN2O4. The lowest BCUT2D eigenvalue weighted by Gasteiger charge is -2.22. The molecule has 18 heavy (non-hydrogen) atoms. The fourth-order valence-electron chi connectivity index (χ4n) is 1.53. The molecule has 0 aliphatic carbocycles. The lowest BCUT2D eigenvalue weighted by atomic mass is 9.79. The summed E-state index contributed by atoms with van der Waals surface area (Å²) in [5, 5.41) is 0.235. The van der Waals surface area contributed by atoms with Gasteiger partial charge in [-0.05, 0) is 19.2 Å². The van der Waals surface area contributed by atoms with Gasteiger partial charge in [-0.2, -0.15) is 0 Å². The van der Waals surface area contributed by atoms with Crippen molar-refractivity contribution in [3.8, 4) is 0 Å².